The molecule has 2 N–H and O–H groups in total. The van der Waals surface area contributed by atoms with Crippen LogP contribution in [0.4, 0.5) is 21.7 Å². The minimum absolute atomic E-state index is 0.263. The molecule has 0 radical (unpaired) electrons. The highest BCUT2D eigenvalue weighted by Crippen LogP contribution is 2.26. The Morgan fingerprint density at radius 2 is 1.82 bits per heavy atom. The van der Waals surface area contributed by atoms with Gasteiger partial charge in [0.1, 0.15) is 23.8 Å². The lowest BCUT2D eigenvalue weighted by Gasteiger charge is -2.20. The van der Waals surface area contributed by atoms with Crippen molar-refractivity contribution in [1.29, 1.82) is 0 Å². The summed E-state index contributed by atoms with van der Waals surface area (Å²) in [7, 11) is 1.85. The second kappa shape index (κ2) is 4.37. The summed E-state index contributed by atoms with van der Waals surface area (Å²) in [6.07, 6.45) is 1.41. The zero-order valence-corrected chi connectivity index (χ0v) is 9.68. The van der Waals surface area contributed by atoms with Crippen LogP contribution in [0.2, 0.25) is 0 Å². The van der Waals surface area contributed by atoms with Gasteiger partial charge in [0.2, 0.25) is 0 Å². The molecule has 2 rings (SSSR count). The molecule has 0 unspecified atom stereocenters. The molecule has 5 heteroatoms. The molecule has 0 aliphatic heterocycles. The van der Waals surface area contributed by atoms with Crippen LogP contribution >= 0.6 is 0 Å². The van der Waals surface area contributed by atoms with E-state index in [4.69, 9.17) is 5.73 Å². The molecule has 0 saturated heterocycles. The summed E-state index contributed by atoms with van der Waals surface area (Å²) in [6, 6.07) is 6.19. The Kier molecular flexibility index (Phi) is 2.91. The number of aromatic nitrogens is 2. The molecular weight excluding hydrogens is 219 g/mol. The Labute approximate surface area is 98.9 Å². The zero-order chi connectivity index (χ0) is 12.4. The van der Waals surface area contributed by atoms with Gasteiger partial charge in [0.05, 0.1) is 0 Å². The van der Waals surface area contributed by atoms with Crippen molar-refractivity contribution in [2.45, 2.75) is 6.92 Å². The summed E-state index contributed by atoms with van der Waals surface area (Å²) >= 11 is 0. The van der Waals surface area contributed by atoms with Crippen LogP contribution in [0, 0.1) is 12.7 Å². The highest BCUT2D eigenvalue weighted by molar-refractivity contribution is 5.65. The quantitative estimate of drug-likeness (QED) is 0.863. The van der Waals surface area contributed by atoms with E-state index in [1.165, 1.54) is 18.5 Å². The fourth-order valence-electron chi connectivity index (χ4n) is 1.58. The van der Waals surface area contributed by atoms with Crippen molar-refractivity contribution in [2.75, 3.05) is 17.7 Å². The molecule has 1 aromatic carbocycles. The first-order chi connectivity index (χ1) is 8.09. The highest BCUT2D eigenvalue weighted by atomic mass is 19.1. The van der Waals surface area contributed by atoms with Crippen LogP contribution in [-0.2, 0) is 0 Å². The number of nitrogen functional groups attached to an aromatic ring is 1. The topological polar surface area (TPSA) is 55.0 Å². The Hall–Kier alpha value is -2.17. The van der Waals surface area contributed by atoms with Crippen LogP contribution < -0.4 is 10.6 Å². The lowest BCUT2D eigenvalue weighted by Crippen LogP contribution is -2.14. The average Bonchev–Trinajstić information content (AvgIpc) is 2.33. The third-order valence-electron chi connectivity index (χ3n) is 2.63. The largest absolute Gasteiger partial charge is 0.383 e. The van der Waals surface area contributed by atoms with E-state index in [-0.39, 0.29) is 5.82 Å². The van der Waals surface area contributed by atoms with Crippen LogP contribution in [0.25, 0.3) is 0 Å². The third kappa shape index (κ3) is 2.18. The number of benzene rings is 1. The fraction of sp³-hybridized carbons (Fsp3) is 0.167. The van der Waals surface area contributed by atoms with E-state index in [2.05, 4.69) is 9.97 Å². The molecule has 0 amide bonds. The number of anilines is 3. The van der Waals surface area contributed by atoms with Gasteiger partial charge in [-0.1, -0.05) is 0 Å². The summed E-state index contributed by atoms with van der Waals surface area (Å²) in [5.41, 5.74) is 7.37. The van der Waals surface area contributed by atoms with Gasteiger partial charge in [-0.15, -0.1) is 0 Å². The summed E-state index contributed by atoms with van der Waals surface area (Å²) < 4.78 is 12.8. The first kappa shape index (κ1) is 11.3. The van der Waals surface area contributed by atoms with Crippen molar-refractivity contribution in [3.8, 4) is 0 Å². The molecule has 1 aromatic heterocycles. The third-order valence-corrected chi connectivity index (χ3v) is 2.63. The highest BCUT2D eigenvalue weighted by Gasteiger charge is 2.10. The fourth-order valence-corrected chi connectivity index (χ4v) is 1.58. The lowest BCUT2D eigenvalue weighted by atomic mass is 10.2. The zero-order valence-electron chi connectivity index (χ0n) is 9.68. The van der Waals surface area contributed by atoms with Crippen molar-refractivity contribution in [2.24, 2.45) is 0 Å². The van der Waals surface area contributed by atoms with Crippen molar-refractivity contribution in [1.82, 2.24) is 9.97 Å². The van der Waals surface area contributed by atoms with E-state index in [1.54, 1.807) is 12.1 Å². The van der Waals surface area contributed by atoms with E-state index < -0.39 is 0 Å². The van der Waals surface area contributed by atoms with Crippen LogP contribution in [-0.4, -0.2) is 17.0 Å². The van der Waals surface area contributed by atoms with Crippen molar-refractivity contribution in [3.05, 3.63) is 42.0 Å². The molecule has 0 aliphatic carbocycles. The van der Waals surface area contributed by atoms with Crippen LogP contribution in [0.5, 0.6) is 0 Å². The van der Waals surface area contributed by atoms with Gasteiger partial charge in [0.25, 0.3) is 0 Å². The Bertz CT molecular complexity index is 525. The predicted molar refractivity (Wildman–Crippen MR) is 65.6 cm³/mol. The Morgan fingerprint density at radius 1 is 1.18 bits per heavy atom. The molecule has 1 heterocycles. The molecular formula is C12H13FN4. The molecule has 17 heavy (non-hydrogen) atoms. The first-order valence-corrected chi connectivity index (χ1v) is 5.16. The van der Waals surface area contributed by atoms with Crippen molar-refractivity contribution in [3.63, 3.8) is 0 Å². The maximum atomic E-state index is 12.8. The molecule has 0 fully saturated rings. The van der Waals surface area contributed by atoms with Crippen molar-refractivity contribution >= 4 is 17.3 Å². The summed E-state index contributed by atoms with van der Waals surface area (Å²) in [4.78, 5) is 9.93. The summed E-state index contributed by atoms with van der Waals surface area (Å²) in [5, 5.41) is 0. The monoisotopic (exact) mass is 232 g/mol. The lowest BCUT2D eigenvalue weighted by molar-refractivity contribution is 0.628. The average molecular weight is 232 g/mol. The van der Waals surface area contributed by atoms with Gasteiger partial charge in [0, 0.05) is 18.3 Å². The minimum atomic E-state index is -0.263. The van der Waals surface area contributed by atoms with Crippen LogP contribution in [0.3, 0.4) is 0 Å². The smallest absolute Gasteiger partial charge is 0.141 e. The molecule has 4 nitrogen and oxygen atoms in total. The number of rotatable bonds is 2. The van der Waals surface area contributed by atoms with Gasteiger partial charge < -0.3 is 10.6 Å². The number of nitrogens with two attached hydrogens (primary N) is 1. The number of nitrogens with zero attached hydrogens (tertiary/aromatic N) is 3. The second-order valence-electron chi connectivity index (χ2n) is 3.74. The van der Waals surface area contributed by atoms with Gasteiger partial charge in [-0.25, -0.2) is 14.4 Å². The van der Waals surface area contributed by atoms with Crippen LogP contribution in [0.15, 0.2) is 30.6 Å². The SMILES string of the molecule is Cc1c(N)ncnc1N(C)c1ccc(F)cc1. The Morgan fingerprint density at radius 3 is 2.47 bits per heavy atom. The van der Waals surface area contributed by atoms with E-state index in [9.17, 15) is 4.39 Å². The molecule has 0 aliphatic rings. The van der Waals surface area contributed by atoms with E-state index in [1.807, 2.05) is 18.9 Å². The van der Waals surface area contributed by atoms with Gasteiger partial charge >= 0.3 is 0 Å². The van der Waals surface area contributed by atoms with Gasteiger partial charge in [-0.2, -0.15) is 0 Å². The molecule has 0 bridgehead atoms. The van der Waals surface area contributed by atoms with Gasteiger partial charge in [-0.05, 0) is 31.2 Å². The summed E-state index contributed by atoms with van der Waals surface area (Å²) in [5.74, 6) is 0.897. The maximum Gasteiger partial charge on any atom is 0.141 e. The number of hydrogen-bond donors (Lipinski definition) is 1. The summed E-state index contributed by atoms with van der Waals surface area (Å²) in [6.45, 7) is 1.85. The first-order valence-electron chi connectivity index (χ1n) is 5.16. The predicted octanol–water partition coefficient (Wildman–Crippen LogP) is 2.27. The Balaban J connectivity index is 2.40. The molecule has 0 atom stereocenters. The normalized spacial score (nSPS) is 10.3. The van der Waals surface area contributed by atoms with Gasteiger partial charge in [0.15, 0.2) is 0 Å². The van der Waals surface area contributed by atoms with E-state index in [0.29, 0.717) is 11.6 Å². The van der Waals surface area contributed by atoms with Gasteiger partial charge in [-0.3, -0.25) is 0 Å². The van der Waals surface area contributed by atoms with E-state index in [0.717, 1.165) is 11.3 Å². The molecule has 88 valence electrons. The number of hydrogen-bond acceptors (Lipinski definition) is 4. The molecule has 2 aromatic rings. The van der Waals surface area contributed by atoms with Crippen molar-refractivity contribution < 1.29 is 4.39 Å². The standard InChI is InChI=1S/C12H13FN4/c1-8-11(14)15-7-16-12(8)17(2)10-5-3-9(13)4-6-10/h3-7H,1-2H3,(H2,14,15,16). The second-order valence-corrected chi connectivity index (χ2v) is 3.74. The maximum absolute atomic E-state index is 12.8. The molecule has 0 saturated carbocycles. The number of halogens is 1. The molecule has 0 spiro atoms. The van der Waals surface area contributed by atoms with E-state index >= 15 is 0 Å². The van der Waals surface area contributed by atoms with Crippen LogP contribution in [0.1, 0.15) is 5.56 Å². The minimum Gasteiger partial charge on any atom is -0.383 e.